The Morgan fingerprint density at radius 3 is 2.72 bits per heavy atom. The van der Waals surface area contributed by atoms with Gasteiger partial charge in [0.1, 0.15) is 0 Å². The van der Waals surface area contributed by atoms with Gasteiger partial charge in [-0.3, -0.25) is 4.79 Å². The molecule has 1 fully saturated rings. The van der Waals surface area contributed by atoms with E-state index in [2.05, 4.69) is 21.2 Å². The molecule has 1 saturated carbocycles. The van der Waals surface area contributed by atoms with Crippen LogP contribution in [0.4, 0.5) is 0 Å². The van der Waals surface area contributed by atoms with Gasteiger partial charge in [0, 0.05) is 4.47 Å². The maximum atomic E-state index is 12.2. The molecule has 2 rings (SSSR count). The number of carbonyl (C=O) groups is 1. The van der Waals surface area contributed by atoms with Gasteiger partial charge in [0.25, 0.3) is 5.91 Å². The van der Waals surface area contributed by atoms with Gasteiger partial charge in [0.05, 0.1) is 16.6 Å². The lowest BCUT2D eigenvalue weighted by molar-refractivity contribution is 0.0943. The highest BCUT2D eigenvalue weighted by Crippen LogP contribution is 2.33. The fraction of sp³-hybridized carbons (Fsp3) is 0.385. The molecule has 1 atom stereocenters. The summed E-state index contributed by atoms with van der Waals surface area (Å²) in [5, 5.41) is 2.92. The minimum atomic E-state index is -0.180. The lowest BCUT2D eigenvalue weighted by Crippen LogP contribution is -2.45. The summed E-state index contributed by atoms with van der Waals surface area (Å²) < 4.78 is 0.789. The second-order valence-electron chi connectivity index (χ2n) is 4.67. The molecule has 1 aromatic carbocycles. The van der Waals surface area contributed by atoms with Crippen LogP contribution in [0.2, 0.25) is 0 Å². The van der Waals surface area contributed by atoms with Crippen LogP contribution >= 0.6 is 28.1 Å². The summed E-state index contributed by atoms with van der Waals surface area (Å²) in [6, 6.07) is 5.45. The summed E-state index contributed by atoms with van der Waals surface area (Å²) in [6.07, 6.45) is 2.16. The largest absolute Gasteiger partial charge is 0.392 e. The van der Waals surface area contributed by atoms with Gasteiger partial charge in [-0.2, -0.15) is 0 Å². The highest BCUT2D eigenvalue weighted by atomic mass is 79.9. The van der Waals surface area contributed by atoms with Gasteiger partial charge in [0.15, 0.2) is 0 Å². The summed E-state index contributed by atoms with van der Waals surface area (Å²) in [5.74, 6) is 0.280. The van der Waals surface area contributed by atoms with Crippen molar-refractivity contribution in [3.8, 4) is 0 Å². The molecule has 0 bridgehead atoms. The van der Waals surface area contributed by atoms with Crippen LogP contribution in [-0.2, 0) is 0 Å². The predicted molar refractivity (Wildman–Crippen MR) is 79.6 cm³/mol. The molecule has 18 heavy (non-hydrogen) atoms. The van der Waals surface area contributed by atoms with E-state index in [4.69, 9.17) is 18.0 Å². The van der Waals surface area contributed by atoms with Crippen LogP contribution in [0.25, 0.3) is 0 Å². The third kappa shape index (κ3) is 3.09. The second-order valence-corrected chi connectivity index (χ2v) is 6.00. The van der Waals surface area contributed by atoms with Crippen molar-refractivity contribution < 1.29 is 4.79 Å². The van der Waals surface area contributed by atoms with Crippen LogP contribution in [0.15, 0.2) is 22.7 Å². The molecule has 5 heteroatoms. The first kappa shape index (κ1) is 13.5. The highest BCUT2D eigenvalue weighted by molar-refractivity contribution is 9.10. The van der Waals surface area contributed by atoms with E-state index in [1.165, 1.54) is 0 Å². The fourth-order valence-electron chi connectivity index (χ4n) is 1.87. The number of hydrogen-bond donors (Lipinski definition) is 2. The monoisotopic (exact) mass is 326 g/mol. The lowest BCUT2D eigenvalue weighted by atomic mass is 10.1. The van der Waals surface area contributed by atoms with Gasteiger partial charge < -0.3 is 11.1 Å². The van der Waals surface area contributed by atoms with Crippen LogP contribution in [0.5, 0.6) is 0 Å². The number of rotatable bonds is 4. The molecule has 1 aliphatic carbocycles. The first-order valence-electron chi connectivity index (χ1n) is 5.85. The van der Waals surface area contributed by atoms with E-state index in [1.54, 1.807) is 6.07 Å². The minimum Gasteiger partial charge on any atom is -0.392 e. The molecule has 0 aromatic heterocycles. The summed E-state index contributed by atoms with van der Waals surface area (Å²) in [5.41, 5.74) is 7.39. The van der Waals surface area contributed by atoms with E-state index in [1.807, 2.05) is 19.1 Å². The first-order chi connectivity index (χ1) is 8.49. The van der Waals surface area contributed by atoms with Crippen molar-refractivity contribution in [3.63, 3.8) is 0 Å². The molecule has 0 aliphatic heterocycles. The topological polar surface area (TPSA) is 55.1 Å². The Kier molecular flexibility index (Phi) is 4.02. The van der Waals surface area contributed by atoms with Crippen molar-refractivity contribution in [1.29, 1.82) is 0 Å². The Balaban J connectivity index is 2.13. The minimum absolute atomic E-state index is 0.133. The molecule has 96 valence electrons. The van der Waals surface area contributed by atoms with E-state index in [0.29, 0.717) is 16.5 Å². The number of amides is 1. The highest BCUT2D eigenvalue weighted by Gasteiger charge is 2.34. The maximum absolute atomic E-state index is 12.2. The van der Waals surface area contributed by atoms with Gasteiger partial charge in [-0.1, -0.05) is 18.3 Å². The third-order valence-corrected chi connectivity index (χ3v) is 3.97. The molecule has 3 nitrogen and oxygen atoms in total. The normalized spacial score (nSPS) is 16.1. The summed E-state index contributed by atoms with van der Waals surface area (Å²) in [4.78, 5) is 12.5. The molecule has 0 saturated heterocycles. The van der Waals surface area contributed by atoms with Crippen molar-refractivity contribution in [2.75, 3.05) is 0 Å². The van der Waals surface area contributed by atoms with Crippen molar-refractivity contribution >= 4 is 39.0 Å². The number of nitrogens with one attached hydrogen (secondary N) is 1. The van der Waals surface area contributed by atoms with Gasteiger partial charge in [-0.05, 0) is 59.3 Å². The van der Waals surface area contributed by atoms with E-state index >= 15 is 0 Å². The second kappa shape index (κ2) is 5.36. The van der Waals surface area contributed by atoms with Crippen molar-refractivity contribution in [2.24, 2.45) is 11.7 Å². The van der Waals surface area contributed by atoms with Crippen LogP contribution in [0.3, 0.4) is 0 Å². The molecule has 1 amide bonds. The van der Waals surface area contributed by atoms with Crippen molar-refractivity contribution in [3.05, 3.63) is 33.8 Å². The Hall–Kier alpha value is -0.940. The number of aryl methyl sites for hydroxylation is 1. The standard InChI is InChI=1S/C13H15BrN2OS/c1-7-2-5-9(10(14)6-7)13(17)16-11(12(15)18)8-3-4-8/h2,5-6,8,11H,3-4H2,1H3,(H2,15,18)(H,16,17). The predicted octanol–water partition coefficient (Wildman–Crippen LogP) is 2.55. The SMILES string of the molecule is Cc1ccc(C(=O)NC(C(N)=S)C2CC2)c(Br)c1. The van der Waals surface area contributed by atoms with Crippen molar-refractivity contribution in [1.82, 2.24) is 5.32 Å². The molecule has 0 radical (unpaired) electrons. The number of nitrogens with two attached hydrogens (primary N) is 1. The molecule has 3 N–H and O–H groups in total. The molecule has 1 unspecified atom stereocenters. The smallest absolute Gasteiger partial charge is 0.252 e. The van der Waals surface area contributed by atoms with Gasteiger partial charge in [-0.15, -0.1) is 0 Å². The fourth-order valence-corrected chi connectivity index (χ4v) is 2.80. The van der Waals surface area contributed by atoms with Gasteiger partial charge in [-0.25, -0.2) is 0 Å². The van der Waals surface area contributed by atoms with Crippen LogP contribution in [0.1, 0.15) is 28.8 Å². The van der Waals surface area contributed by atoms with Gasteiger partial charge >= 0.3 is 0 Å². The Bertz CT molecular complexity index is 500. The first-order valence-corrected chi connectivity index (χ1v) is 7.05. The summed E-state index contributed by atoms with van der Waals surface area (Å²) in [6.45, 7) is 1.98. The zero-order chi connectivity index (χ0) is 13.3. The number of carbonyl (C=O) groups excluding carboxylic acids is 1. The van der Waals surface area contributed by atoms with E-state index in [9.17, 15) is 4.79 Å². The zero-order valence-electron chi connectivity index (χ0n) is 10.1. The molecule has 0 heterocycles. The number of hydrogen-bond acceptors (Lipinski definition) is 2. The molecule has 1 aromatic rings. The average molecular weight is 327 g/mol. The van der Waals surface area contributed by atoms with Crippen LogP contribution < -0.4 is 11.1 Å². The van der Waals surface area contributed by atoms with Crippen molar-refractivity contribution in [2.45, 2.75) is 25.8 Å². The summed E-state index contributed by atoms with van der Waals surface area (Å²) >= 11 is 8.41. The Morgan fingerprint density at radius 1 is 1.56 bits per heavy atom. The average Bonchev–Trinajstić information content (AvgIpc) is 3.08. The molecule has 0 spiro atoms. The van der Waals surface area contributed by atoms with E-state index in [-0.39, 0.29) is 11.9 Å². The van der Waals surface area contributed by atoms with Crippen LogP contribution in [0, 0.1) is 12.8 Å². The Morgan fingerprint density at radius 2 is 2.22 bits per heavy atom. The maximum Gasteiger partial charge on any atom is 0.252 e. The zero-order valence-corrected chi connectivity index (χ0v) is 12.5. The number of thiocarbonyl (C=S) groups is 1. The Labute approximate surface area is 120 Å². The third-order valence-electron chi connectivity index (χ3n) is 3.06. The van der Waals surface area contributed by atoms with E-state index in [0.717, 1.165) is 22.9 Å². The van der Waals surface area contributed by atoms with Crippen LogP contribution in [-0.4, -0.2) is 16.9 Å². The lowest BCUT2D eigenvalue weighted by Gasteiger charge is -2.17. The quantitative estimate of drug-likeness (QED) is 0.836. The summed E-state index contributed by atoms with van der Waals surface area (Å²) in [7, 11) is 0. The molecular formula is C13H15BrN2OS. The molecular weight excluding hydrogens is 312 g/mol. The van der Waals surface area contributed by atoms with Gasteiger partial charge in [0.2, 0.25) is 0 Å². The molecule has 1 aliphatic rings. The number of benzene rings is 1. The van der Waals surface area contributed by atoms with E-state index < -0.39 is 0 Å². The number of halogens is 1.